The number of alkyl halides is 3. The standard InChI is InChI=1S/C35H38F3N5O/c1-24-40-30-11-5-6-12-31(30)43(24)28-22-26-13-14-27(23-28)42(26)21-17-34(25-8-3-2-4-9-25)15-19-41(20-16-34)33(44)32-29(35(36,37)38)10-7-18-39-32/h2-12,18,26-28H,13-17,19-23H2,1H3. The van der Waals surface area contributed by atoms with Crippen LogP contribution in [0.3, 0.4) is 0 Å². The SMILES string of the molecule is Cc1nc2ccccc2n1C1CC2CCC(C1)N2CCC1(c2ccccc2)CCN(C(=O)c2ncccc2C(F)(F)F)CC1. The molecule has 3 fully saturated rings. The van der Waals surface area contributed by atoms with Crippen LogP contribution in [-0.2, 0) is 11.6 Å². The number of carbonyl (C=O) groups is 1. The molecule has 9 heteroatoms. The Morgan fingerprint density at radius 2 is 1.59 bits per heavy atom. The fraction of sp³-hybridized carbons (Fsp3) is 0.457. The Morgan fingerprint density at radius 1 is 0.909 bits per heavy atom. The zero-order chi connectivity index (χ0) is 30.5. The van der Waals surface area contributed by atoms with Crippen molar-refractivity contribution in [1.29, 1.82) is 0 Å². The van der Waals surface area contributed by atoms with Crippen LogP contribution in [-0.4, -0.2) is 62.0 Å². The van der Waals surface area contributed by atoms with Crippen LogP contribution >= 0.6 is 0 Å². The maximum absolute atomic E-state index is 13.6. The highest BCUT2D eigenvalue weighted by Gasteiger charge is 2.45. The van der Waals surface area contributed by atoms with E-state index in [0.717, 1.165) is 43.2 Å². The Bertz CT molecular complexity index is 1630. The number of nitrogens with zero attached hydrogens (tertiary/aromatic N) is 5. The van der Waals surface area contributed by atoms with Gasteiger partial charge in [0.2, 0.25) is 0 Å². The van der Waals surface area contributed by atoms with Crippen LogP contribution in [0.5, 0.6) is 0 Å². The lowest BCUT2D eigenvalue weighted by Crippen LogP contribution is -2.49. The van der Waals surface area contributed by atoms with Crippen molar-refractivity contribution in [3.05, 3.63) is 95.6 Å². The highest BCUT2D eigenvalue weighted by Crippen LogP contribution is 2.45. The lowest BCUT2D eigenvalue weighted by atomic mass is 9.70. The first-order chi connectivity index (χ1) is 21.2. The first kappa shape index (κ1) is 29.0. The normalized spacial score (nSPS) is 23.7. The fourth-order valence-corrected chi connectivity index (χ4v) is 8.36. The lowest BCUT2D eigenvalue weighted by Gasteiger charge is -2.45. The quantitative estimate of drug-likeness (QED) is 0.235. The van der Waals surface area contributed by atoms with Crippen LogP contribution < -0.4 is 0 Å². The molecule has 2 unspecified atom stereocenters. The van der Waals surface area contributed by atoms with E-state index in [0.29, 0.717) is 44.1 Å². The molecule has 6 nitrogen and oxygen atoms in total. The average molecular weight is 602 g/mol. The summed E-state index contributed by atoms with van der Waals surface area (Å²) < 4.78 is 43.4. The van der Waals surface area contributed by atoms with Crippen molar-refractivity contribution >= 4 is 16.9 Å². The van der Waals surface area contributed by atoms with E-state index in [1.807, 2.05) is 12.1 Å². The highest BCUT2D eigenvalue weighted by molar-refractivity contribution is 5.94. The van der Waals surface area contributed by atoms with E-state index in [9.17, 15) is 18.0 Å². The summed E-state index contributed by atoms with van der Waals surface area (Å²) in [6.45, 7) is 3.91. The number of pyridine rings is 1. The predicted molar refractivity (Wildman–Crippen MR) is 163 cm³/mol. The Kier molecular flexibility index (Phi) is 7.47. The van der Waals surface area contributed by atoms with Crippen LogP contribution in [0.15, 0.2) is 72.9 Å². The van der Waals surface area contributed by atoms with E-state index >= 15 is 0 Å². The van der Waals surface area contributed by atoms with Gasteiger partial charge in [0, 0.05) is 37.4 Å². The molecular weight excluding hydrogens is 563 g/mol. The molecule has 2 aromatic carbocycles. The fourth-order valence-electron chi connectivity index (χ4n) is 8.36. The van der Waals surface area contributed by atoms with Gasteiger partial charge in [-0.05, 0) is 93.7 Å². The molecule has 0 radical (unpaired) electrons. The summed E-state index contributed by atoms with van der Waals surface area (Å²) in [5.41, 5.74) is 1.92. The molecule has 7 rings (SSSR count). The van der Waals surface area contributed by atoms with Gasteiger partial charge in [-0.25, -0.2) is 4.98 Å². The van der Waals surface area contributed by atoms with Gasteiger partial charge in [-0.2, -0.15) is 13.2 Å². The van der Waals surface area contributed by atoms with Gasteiger partial charge in [-0.3, -0.25) is 14.7 Å². The molecule has 1 amide bonds. The number of aryl methyl sites for hydroxylation is 1. The van der Waals surface area contributed by atoms with Gasteiger partial charge in [0.1, 0.15) is 11.5 Å². The third-order valence-corrected chi connectivity index (χ3v) is 10.6. The highest BCUT2D eigenvalue weighted by atomic mass is 19.4. The second-order valence-electron chi connectivity index (χ2n) is 12.9. The summed E-state index contributed by atoms with van der Waals surface area (Å²) >= 11 is 0. The number of hydrogen-bond donors (Lipinski definition) is 0. The molecular formula is C35H38F3N5O. The monoisotopic (exact) mass is 601 g/mol. The Labute approximate surface area is 255 Å². The van der Waals surface area contributed by atoms with E-state index < -0.39 is 23.3 Å². The number of fused-ring (bicyclic) bond motifs is 3. The molecule has 2 atom stereocenters. The summed E-state index contributed by atoms with van der Waals surface area (Å²) in [4.78, 5) is 26.3. The lowest BCUT2D eigenvalue weighted by molar-refractivity contribution is -0.138. The van der Waals surface area contributed by atoms with Crippen molar-refractivity contribution in [3.8, 4) is 0 Å². The molecule has 3 aliphatic heterocycles. The van der Waals surface area contributed by atoms with Gasteiger partial charge in [0.15, 0.2) is 0 Å². The summed E-state index contributed by atoms with van der Waals surface area (Å²) in [5.74, 6) is 0.448. The average Bonchev–Trinajstić information content (AvgIpc) is 3.50. The number of aromatic nitrogens is 3. The molecule has 0 N–H and O–H groups in total. The van der Waals surface area contributed by atoms with Gasteiger partial charge >= 0.3 is 6.18 Å². The number of likely N-dealkylation sites (tertiary alicyclic amines) is 1. The molecule has 230 valence electrons. The molecule has 0 aliphatic carbocycles. The minimum atomic E-state index is -4.63. The summed E-state index contributed by atoms with van der Waals surface area (Å²) in [6.07, 6.45) is 3.66. The van der Waals surface area contributed by atoms with Crippen LogP contribution in [0.1, 0.15) is 78.4 Å². The number of imidazole rings is 1. The number of benzene rings is 2. The Morgan fingerprint density at radius 3 is 2.30 bits per heavy atom. The molecule has 5 heterocycles. The zero-order valence-corrected chi connectivity index (χ0v) is 25.0. The van der Waals surface area contributed by atoms with E-state index in [1.165, 1.54) is 36.2 Å². The molecule has 0 spiro atoms. The third-order valence-electron chi connectivity index (χ3n) is 10.6. The van der Waals surface area contributed by atoms with Gasteiger partial charge in [-0.1, -0.05) is 42.5 Å². The first-order valence-electron chi connectivity index (χ1n) is 15.8. The summed E-state index contributed by atoms with van der Waals surface area (Å²) in [7, 11) is 0. The topological polar surface area (TPSA) is 54.3 Å². The first-order valence-corrected chi connectivity index (χ1v) is 15.8. The third kappa shape index (κ3) is 5.19. The van der Waals surface area contributed by atoms with Crippen molar-refractivity contribution in [1.82, 2.24) is 24.3 Å². The summed E-state index contributed by atoms with van der Waals surface area (Å²) in [5, 5.41) is 0. The molecule has 3 saturated heterocycles. The second kappa shape index (κ2) is 11.3. The molecule has 44 heavy (non-hydrogen) atoms. The minimum absolute atomic E-state index is 0.136. The van der Waals surface area contributed by atoms with Crippen molar-refractivity contribution < 1.29 is 18.0 Å². The van der Waals surface area contributed by atoms with Crippen molar-refractivity contribution in [2.24, 2.45) is 0 Å². The van der Waals surface area contributed by atoms with Gasteiger partial charge < -0.3 is 9.47 Å². The smallest absolute Gasteiger partial charge is 0.337 e. The van der Waals surface area contributed by atoms with Crippen molar-refractivity contribution in [2.45, 2.75) is 81.6 Å². The molecule has 2 bridgehead atoms. The molecule has 2 aromatic heterocycles. The van der Waals surface area contributed by atoms with Crippen LogP contribution in [0.4, 0.5) is 13.2 Å². The number of rotatable bonds is 6. The van der Waals surface area contributed by atoms with Gasteiger partial charge in [0.05, 0.1) is 16.6 Å². The summed E-state index contributed by atoms with van der Waals surface area (Å²) in [6, 6.07) is 22.6. The largest absolute Gasteiger partial charge is 0.418 e. The van der Waals surface area contributed by atoms with Crippen molar-refractivity contribution in [2.75, 3.05) is 19.6 Å². The van der Waals surface area contributed by atoms with Crippen LogP contribution in [0.2, 0.25) is 0 Å². The number of carbonyl (C=O) groups excluding carboxylic acids is 1. The zero-order valence-electron chi connectivity index (χ0n) is 25.0. The number of piperidine rings is 2. The molecule has 3 aliphatic rings. The van der Waals surface area contributed by atoms with Gasteiger partial charge in [0.25, 0.3) is 5.91 Å². The Hall–Kier alpha value is -3.72. The maximum Gasteiger partial charge on any atom is 0.418 e. The number of hydrogen-bond acceptors (Lipinski definition) is 4. The molecule has 4 aromatic rings. The minimum Gasteiger partial charge on any atom is -0.337 e. The maximum atomic E-state index is 13.6. The van der Waals surface area contributed by atoms with Crippen LogP contribution in [0, 0.1) is 6.92 Å². The predicted octanol–water partition coefficient (Wildman–Crippen LogP) is 7.19. The number of para-hydroxylation sites is 2. The Balaban J connectivity index is 1.07. The number of halogens is 3. The van der Waals surface area contributed by atoms with E-state index in [4.69, 9.17) is 4.98 Å². The van der Waals surface area contributed by atoms with E-state index in [2.05, 4.69) is 63.8 Å². The second-order valence-corrected chi connectivity index (χ2v) is 12.9. The van der Waals surface area contributed by atoms with Crippen LogP contribution in [0.25, 0.3) is 11.0 Å². The van der Waals surface area contributed by atoms with Gasteiger partial charge in [-0.15, -0.1) is 0 Å². The molecule has 0 saturated carbocycles. The van der Waals surface area contributed by atoms with E-state index in [-0.39, 0.29) is 5.41 Å². The van der Waals surface area contributed by atoms with Crippen molar-refractivity contribution in [3.63, 3.8) is 0 Å². The number of amides is 1. The van der Waals surface area contributed by atoms with E-state index in [1.54, 1.807) is 4.90 Å².